The molecule has 2 heteroatoms. The molecule has 1 aliphatic carbocycles. The van der Waals surface area contributed by atoms with Crippen molar-refractivity contribution in [3.63, 3.8) is 0 Å². The fourth-order valence-corrected chi connectivity index (χ4v) is 1.85. The van der Waals surface area contributed by atoms with Crippen molar-refractivity contribution < 1.29 is 2.74 Å². The number of hydrogen-bond acceptors (Lipinski definition) is 0. The van der Waals surface area contributed by atoms with Gasteiger partial charge >= 0.3 is 0 Å². The maximum absolute atomic E-state index is 7.68. The summed E-state index contributed by atoms with van der Waals surface area (Å²) in [4.78, 5) is 0. The molecule has 0 saturated heterocycles. The van der Waals surface area contributed by atoms with Gasteiger partial charge in [-0.2, -0.15) is 0 Å². The average molecular weight is 236 g/mol. The van der Waals surface area contributed by atoms with Crippen molar-refractivity contribution >= 4 is 15.7 Å². The minimum atomic E-state index is -0.0139. The summed E-state index contributed by atoms with van der Waals surface area (Å²) in [6, 6.07) is 0. The fourth-order valence-electron chi connectivity index (χ4n) is 1.85. The Morgan fingerprint density at radius 1 is 1.24 bits per heavy atom. The fraction of sp³-hybridized carbons (Fsp3) is 1.00. The molecule has 0 amide bonds. The summed E-state index contributed by atoms with van der Waals surface area (Å²) in [6.45, 7) is 12.2. The van der Waals surface area contributed by atoms with Gasteiger partial charge in [0.25, 0.3) is 0 Å². The molecule has 0 heterocycles. The van der Waals surface area contributed by atoms with Crippen LogP contribution in [0.25, 0.3) is 0 Å². The smallest absolute Gasteiger partial charge is 0.0706 e. The highest BCUT2D eigenvalue weighted by molar-refractivity contribution is 6.12. The van der Waals surface area contributed by atoms with Gasteiger partial charge in [-0.1, -0.05) is 60.6 Å². The topological polar surface area (TPSA) is 0 Å². The highest BCUT2D eigenvalue weighted by atomic mass is 14.3. The average Bonchev–Trinajstić information content (AvgIpc) is 2.34. The SMILES string of the molecule is C.[2H]C(C(C)C)C(C)C([B])C.[2H]C1C(C)C([B])C1C. The van der Waals surface area contributed by atoms with E-state index in [2.05, 4.69) is 13.8 Å². The van der Waals surface area contributed by atoms with Crippen molar-refractivity contribution in [1.29, 1.82) is 0 Å². The molecule has 0 aliphatic heterocycles. The number of rotatable bonds is 3. The van der Waals surface area contributed by atoms with Crippen LogP contribution < -0.4 is 0 Å². The Morgan fingerprint density at radius 3 is 1.76 bits per heavy atom. The summed E-state index contributed by atoms with van der Waals surface area (Å²) in [5, 5.41) is 0. The van der Waals surface area contributed by atoms with Gasteiger partial charge in [-0.25, -0.2) is 0 Å². The van der Waals surface area contributed by atoms with Crippen LogP contribution in [0, 0.1) is 23.7 Å². The predicted molar refractivity (Wildman–Crippen MR) is 83.0 cm³/mol. The summed E-state index contributed by atoms with van der Waals surface area (Å²) in [5.41, 5.74) is 0. The van der Waals surface area contributed by atoms with Gasteiger partial charge in [-0.3, -0.25) is 0 Å². The molecular weight excluding hydrogens is 202 g/mol. The maximum atomic E-state index is 7.68. The van der Waals surface area contributed by atoms with E-state index in [0.717, 1.165) is 0 Å². The van der Waals surface area contributed by atoms with Crippen LogP contribution in [-0.2, 0) is 0 Å². The molecule has 0 nitrogen and oxygen atoms in total. The molecule has 0 aromatic heterocycles. The van der Waals surface area contributed by atoms with Gasteiger partial charge in [0.05, 0.1) is 15.7 Å². The van der Waals surface area contributed by atoms with Gasteiger partial charge in [-0.15, -0.1) is 0 Å². The molecule has 98 valence electrons. The summed E-state index contributed by atoms with van der Waals surface area (Å²) in [5.74, 6) is 2.00. The van der Waals surface area contributed by atoms with Crippen molar-refractivity contribution in [3.05, 3.63) is 0 Å². The Morgan fingerprint density at radius 2 is 1.65 bits per heavy atom. The Labute approximate surface area is 116 Å². The quantitative estimate of drug-likeness (QED) is 0.611. The zero-order chi connectivity index (χ0) is 14.6. The molecule has 5 unspecified atom stereocenters. The van der Waals surface area contributed by atoms with Gasteiger partial charge in [0.1, 0.15) is 0 Å². The van der Waals surface area contributed by atoms with Crippen molar-refractivity contribution in [3.8, 4) is 0 Å². The first kappa shape index (κ1) is 15.2. The lowest BCUT2D eigenvalue weighted by molar-refractivity contribution is 0.235. The molecule has 1 aliphatic rings. The summed E-state index contributed by atoms with van der Waals surface area (Å²) >= 11 is 0. The highest BCUT2D eigenvalue weighted by Gasteiger charge is 2.29. The molecule has 0 spiro atoms. The molecule has 0 N–H and O–H groups in total. The van der Waals surface area contributed by atoms with Gasteiger partial charge in [0.15, 0.2) is 0 Å². The molecular formula is C15H32B2. The van der Waals surface area contributed by atoms with E-state index in [9.17, 15) is 0 Å². The third kappa shape index (κ3) is 7.95. The van der Waals surface area contributed by atoms with Crippen molar-refractivity contribution in [1.82, 2.24) is 0 Å². The van der Waals surface area contributed by atoms with Crippen LogP contribution in [0.4, 0.5) is 0 Å². The van der Waals surface area contributed by atoms with E-state index in [-0.39, 0.29) is 31.9 Å². The van der Waals surface area contributed by atoms with Gasteiger partial charge in [0.2, 0.25) is 0 Å². The summed E-state index contributed by atoms with van der Waals surface area (Å²) in [6.07, 6.45) is 0.0880. The molecule has 0 bridgehead atoms. The standard InChI is InChI=1S/C8H17B.C6H11B.CH4/c1-6(2)5-7(3)8(4)9;1-4-3-5(2)6(4)7;/h6-8H,5H2,1-4H3;4-6H,3H2,1-2H3;1H4/i5D;3D;. The van der Waals surface area contributed by atoms with Crippen LogP contribution in [0.3, 0.4) is 0 Å². The zero-order valence-electron chi connectivity index (χ0n) is 13.8. The van der Waals surface area contributed by atoms with E-state index in [0.29, 0.717) is 23.7 Å². The lowest BCUT2D eigenvalue weighted by Gasteiger charge is -2.38. The molecule has 1 fully saturated rings. The van der Waals surface area contributed by atoms with Crippen LogP contribution in [-0.4, -0.2) is 15.7 Å². The lowest BCUT2D eigenvalue weighted by atomic mass is 9.57. The Kier molecular flexibility index (Phi) is 8.14. The van der Waals surface area contributed by atoms with Crippen LogP contribution in [0.2, 0.25) is 11.6 Å². The first-order chi connectivity index (χ1) is 8.11. The first-order valence-electron chi connectivity index (χ1n) is 7.62. The predicted octanol–water partition coefficient (Wildman–Crippen LogP) is 4.90. The molecule has 1 saturated carbocycles. The monoisotopic (exact) mass is 236 g/mol. The zero-order valence-corrected chi connectivity index (χ0v) is 11.8. The van der Waals surface area contributed by atoms with Crippen LogP contribution in [0.1, 0.15) is 64.5 Å². The Balaban J connectivity index is 0. The molecule has 0 aromatic rings. The molecule has 0 aromatic carbocycles. The highest BCUT2D eigenvalue weighted by Crippen LogP contribution is 2.41. The van der Waals surface area contributed by atoms with Crippen molar-refractivity contribution in [2.45, 2.75) is 73.4 Å². The van der Waals surface area contributed by atoms with E-state index in [1.165, 1.54) is 0 Å². The molecule has 1 rings (SSSR count). The van der Waals surface area contributed by atoms with Gasteiger partial charge < -0.3 is 0 Å². The normalized spacial score (nSPS) is 38.3. The van der Waals surface area contributed by atoms with E-state index >= 15 is 0 Å². The molecule has 4 radical (unpaired) electrons. The molecule has 17 heavy (non-hydrogen) atoms. The third-order valence-corrected chi connectivity index (χ3v) is 3.34. The second-order valence-corrected chi connectivity index (χ2v) is 5.64. The van der Waals surface area contributed by atoms with E-state index < -0.39 is 0 Å². The van der Waals surface area contributed by atoms with Gasteiger partial charge in [-0.05, 0) is 36.5 Å². The summed E-state index contributed by atoms with van der Waals surface area (Å²) in [7, 11) is 11.3. The second-order valence-electron chi connectivity index (χ2n) is 5.64. The van der Waals surface area contributed by atoms with E-state index in [1.54, 1.807) is 0 Å². The number of hydrogen-bond donors (Lipinski definition) is 0. The minimum Gasteiger partial charge on any atom is -0.0776 e. The van der Waals surface area contributed by atoms with Crippen LogP contribution in [0.15, 0.2) is 0 Å². The minimum absolute atomic E-state index is 0. The first-order valence-corrected chi connectivity index (χ1v) is 6.46. The van der Waals surface area contributed by atoms with Gasteiger partial charge in [0, 0.05) is 2.74 Å². The Bertz CT molecular complexity index is 190. The van der Waals surface area contributed by atoms with Crippen LogP contribution in [0.5, 0.6) is 0 Å². The maximum Gasteiger partial charge on any atom is 0.0706 e. The lowest BCUT2D eigenvalue weighted by Crippen LogP contribution is -2.27. The second kappa shape index (κ2) is 9.11. The van der Waals surface area contributed by atoms with Crippen LogP contribution >= 0.6 is 0 Å². The van der Waals surface area contributed by atoms with Crippen molar-refractivity contribution in [2.24, 2.45) is 23.7 Å². The summed E-state index contributed by atoms with van der Waals surface area (Å²) < 4.78 is 15.1. The van der Waals surface area contributed by atoms with E-state index in [1.807, 2.05) is 27.7 Å². The Hall–Kier alpha value is 0.130. The van der Waals surface area contributed by atoms with E-state index in [4.69, 9.17) is 18.4 Å². The third-order valence-electron chi connectivity index (χ3n) is 3.34. The largest absolute Gasteiger partial charge is 0.0776 e. The van der Waals surface area contributed by atoms with Crippen molar-refractivity contribution in [2.75, 3.05) is 0 Å². The molecule has 5 atom stereocenters.